The number of amides is 2. The zero-order valence-electron chi connectivity index (χ0n) is 17.6. The predicted molar refractivity (Wildman–Crippen MR) is 112 cm³/mol. The van der Waals surface area contributed by atoms with Gasteiger partial charge in [-0.25, -0.2) is 0 Å². The Hall–Kier alpha value is -2.12. The quantitative estimate of drug-likeness (QED) is 0.747. The van der Waals surface area contributed by atoms with Crippen molar-refractivity contribution < 1.29 is 19.1 Å². The summed E-state index contributed by atoms with van der Waals surface area (Å²) in [5.41, 5.74) is 1.45. The van der Waals surface area contributed by atoms with E-state index in [1.807, 2.05) is 28.0 Å². The van der Waals surface area contributed by atoms with Crippen LogP contribution in [-0.4, -0.2) is 92.1 Å². The molecule has 0 bridgehead atoms. The number of likely N-dealkylation sites (tertiary alicyclic amines) is 2. The molecule has 0 saturated carbocycles. The Bertz CT molecular complexity index is 823. The Kier molecular flexibility index (Phi) is 5.41. The fourth-order valence-corrected chi connectivity index (χ4v) is 5.29. The molecule has 1 spiro atoms. The first-order chi connectivity index (χ1) is 14.6. The molecule has 162 valence electrons. The van der Waals surface area contributed by atoms with E-state index in [1.165, 1.54) is 0 Å². The number of ether oxygens (including phenoxy) is 2. The minimum absolute atomic E-state index is 0.0415. The van der Waals surface area contributed by atoms with E-state index in [0.717, 1.165) is 89.5 Å². The van der Waals surface area contributed by atoms with Crippen molar-refractivity contribution >= 4 is 11.8 Å². The minimum Gasteiger partial charge on any atom is -0.493 e. The molecule has 3 fully saturated rings. The van der Waals surface area contributed by atoms with Crippen LogP contribution >= 0.6 is 0 Å². The number of fused-ring (bicyclic) bond motifs is 1. The van der Waals surface area contributed by atoms with Crippen molar-refractivity contribution in [3.63, 3.8) is 0 Å². The van der Waals surface area contributed by atoms with Crippen molar-refractivity contribution in [2.24, 2.45) is 5.41 Å². The molecule has 7 nitrogen and oxygen atoms in total. The molecule has 1 atom stereocenters. The lowest BCUT2D eigenvalue weighted by molar-refractivity contribution is -0.135. The van der Waals surface area contributed by atoms with E-state index in [0.29, 0.717) is 18.7 Å². The van der Waals surface area contributed by atoms with Gasteiger partial charge in [-0.1, -0.05) is 0 Å². The van der Waals surface area contributed by atoms with Crippen LogP contribution in [0.3, 0.4) is 0 Å². The van der Waals surface area contributed by atoms with Crippen molar-refractivity contribution in [1.29, 1.82) is 0 Å². The van der Waals surface area contributed by atoms with Crippen LogP contribution in [0.15, 0.2) is 18.2 Å². The maximum absolute atomic E-state index is 13.2. The van der Waals surface area contributed by atoms with Gasteiger partial charge in [0, 0.05) is 51.4 Å². The first-order valence-corrected chi connectivity index (χ1v) is 11.3. The van der Waals surface area contributed by atoms with Crippen LogP contribution in [0.2, 0.25) is 0 Å². The molecule has 0 radical (unpaired) electrons. The standard InChI is InChI=1S/C23H31N3O4/c27-21(19-3-4-20-18(16-19)2-1-13-30-20)26-8-6-23(17-26)5-7-25(22(23)28)10-9-24-11-14-29-15-12-24/h3-4,16H,1-2,5-15,17H2. The van der Waals surface area contributed by atoms with Gasteiger partial charge in [0.25, 0.3) is 5.91 Å². The molecule has 1 aromatic carbocycles. The summed E-state index contributed by atoms with van der Waals surface area (Å²) in [4.78, 5) is 32.6. The second-order valence-electron chi connectivity index (χ2n) is 9.03. The molecule has 3 saturated heterocycles. The molecule has 0 aromatic heterocycles. The van der Waals surface area contributed by atoms with Crippen LogP contribution in [-0.2, 0) is 16.0 Å². The second-order valence-corrected chi connectivity index (χ2v) is 9.03. The van der Waals surface area contributed by atoms with Gasteiger partial charge in [0.05, 0.1) is 25.2 Å². The van der Waals surface area contributed by atoms with E-state index in [2.05, 4.69) is 4.90 Å². The van der Waals surface area contributed by atoms with Gasteiger partial charge < -0.3 is 19.3 Å². The summed E-state index contributed by atoms with van der Waals surface area (Å²) >= 11 is 0. The molecule has 30 heavy (non-hydrogen) atoms. The largest absolute Gasteiger partial charge is 0.493 e. The van der Waals surface area contributed by atoms with Crippen molar-refractivity contribution in [2.45, 2.75) is 25.7 Å². The third kappa shape index (κ3) is 3.69. The van der Waals surface area contributed by atoms with Crippen LogP contribution in [0.5, 0.6) is 5.75 Å². The number of carbonyl (C=O) groups excluding carboxylic acids is 2. The maximum atomic E-state index is 13.2. The first-order valence-electron chi connectivity index (χ1n) is 11.3. The highest BCUT2D eigenvalue weighted by Crippen LogP contribution is 2.41. The van der Waals surface area contributed by atoms with Crippen LogP contribution < -0.4 is 4.74 Å². The molecule has 7 heteroatoms. The van der Waals surface area contributed by atoms with Gasteiger partial charge in [-0.2, -0.15) is 0 Å². The number of aryl methyl sites for hydroxylation is 1. The molecule has 1 unspecified atom stereocenters. The Balaban J connectivity index is 1.20. The predicted octanol–water partition coefficient (Wildman–Crippen LogP) is 1.41. The average molecular weight is 414 g/mol. The molecular weight excluding hydrogens is 382 g/mol. The molecule has 2 amide bonds. The lowest BCUT2D eigenvalue weighted by Crippen LogP contribution is -2.43. The Morgan fingerprint density at radius 2 is 1.87 bits per heavy atom. The van der Waals surface area contributed by atoms with Gasteiger partial charge in [0.1, 0.15) is 5.75 Å². The molecule has 4 aliphatic heterocycles. The molecule has 4 heterocycles. The Labute approximate surface area is 177 Å². The summed E-state index contributed by atoms with van der Waals surface area (Å²) in [5.74, 6) is 1.18. The third-order valence-electron chi connectivity index (χ3n) is 7.19. The normalized spacial score (nSPS) is 26.9. The highest BCUT2D eigenvalue weighted by molar-refractivity contribution is 5.96. The number of benzene rings is 1. The maximum Gasteiger partial charge on any atom is 0.253 e. The smallest absolute Gasteiger partial charge is 0.253 e. The van der Waals surface area contributed by atoms with E-state index < -0.39 is 0 Å². The van der Waals surface area contributed by atoms with Crippen molar-refractivity contribution in [1.82, 2.24) is 14.7 Å². The molecule has 0 N–H and O–H groups in total. The van der Waals surface area contributed by atoms with Crippen molar-refractivity contribution in [3.8, 4) is 5.75 Å². The average Bonchev–Trinajstić information content (AvgIpc) is 3.37. The van der Waals surface area contributed by atoms with Crippen molar-refractivity contribution in [3.05, 3.63) is 29.3 Å². The van der Waals surface area contributed by atoms with Crippen LogP contribution in [0.4, 0.5) is 0 Å². The van der Waals surface area contributed by atoms with Gasteiger partial charge in [-0.15, -0.1) is 0 Å². The topological polar surface area (TPSA) is 62.3 Å². The highest BCUT2D eigenvalue weighted by atomic mass is 16.5. The van der Waals surface area contributed by atoms with Crippen LogP contribution in [0, 0.1) is 5.41 Å². The number of carbonyl (C=O) groups is 2. The zero-order valence-corrected chi connectivity index (χ0v) is 17.6. The summed E-state index contributed by atoms with van der Waals surface area (Å²) in [6.07, 6.45) is 3.58. The molecule has 5 rings (SSSR count). The summed E-state index contributed by atoms with van der Waals surface area (Å²) in [7, 11) is 0. The van der Waals surface area contributed by atoms with E-state index >= 15 is 0 Å². The summed E-state index contributed by atoms with van der Waals surface area (Å²) in [5, 5.41) is 0. The minimum atomic E-state index is -0.377. The number of hydrogen-bond donors (Lipinski definition) is 0. The lowest BCUT2D eigenvalue weighted by Gasteiger charge is -2.29. The van der Waals surface area contributed by atoms with Crippen LogP contribution in [0.25, 0.3) is 0 Å². The lowest BCUT2D eigenvalue weighted by atomic mass is 9.85. The van der Waals surface area contributed by atoms with E-state index in [9.17, 15) is 9.59 Å². The number of morpholine rings is 1. The SMILES string of the molecule is O=C(c1ccc2c(c1)CCCO2)N1CCC2(CCN(CCN3CCOCC3)C2=O)C1. The molecule has 0 aliphatic carbocycles. The van der Waals surface area contributed by atoms with Gasteiger partial charge >= 0.3 is 0 Å². The summed E-state index contributed by atoms with van der Waals surface area (Å²) in [6.45, 7) is 7.91. The Morgan fingerprint density at radius 3 is 2.73 bits per heavy atom. The second kappa shape index (κ2) is 8.19. The molecule has 4 aliphatic rings. The Morgan fingerprint density at radius 1 is 1.03 bits per heavy atom. The number of rotatable bonds is 4. The van der Waals surface area contributed by atoms with E-state index in [1.54, 1.807) is 0 Å². The van der Waals surface area contributed by atoms with Gasteiger partial charge in [-0.05, 0) is 49.4 Å². The zero-order chi connectivity index (χ0) is 20.6. The van der Waals surface area contributed by atoms with E-state index in [4.69, 9.17) is 9.47 Å². The highest BCUT2D eigenvalue weighted by Gasteiger charge is 2.51. The number of nitrogens with zero attached hydrogens (tertiary/aromatic N) is 3. The first kappa shape index (κ1) is 19.8. The summed E-state index contributed by atoms with van der Waals surface area (Å²) in [6, 6.07) is 5.76. The van der Waals surface area contributed by atoms with E-state index in [-0.39, 0.29) is 17.2 Å². The van der Waals surface area contributed by atoms with Gasteiger partial charge in [0.2, 0.25) is 5.91 Å². The molecular formula is C23H31N3O4. The van der Waals surface area contributed by atoms with Gasteiger partial charge in [0.15, 0.2) is 0 Å². The molecule has 1 aromatic rings. The van der Waals surface area contributed by atoms with Crippen LogP contribution in [0.1, 0.15) is 35.2 Å². The fraction of sp³-hybridized carbons (Fsp3) is 0.652. The number of hydrogen-bond acceptors (Lipinski definition) is 5. The van der Waals surface area contributed by atoms with Gasteiger partial charge in [-0.3, -0.25) is 14.5 Å². The monoisotopic (exact) mass is 413 g/mol. The third-order valence-corrected chi connectivity index (χ3v) is 7.19. The fourth-order valence-electron chi connectivity index (χ4n) is 5.29. The summed E-state index contributed by atoms with van der Waals surface area (Å²) < 4.78 is 11.1. The van der Waals surface area contributed by atoms with Crippen molar-refractivity contribution in [2.75, 3.05) is 65.6 Å².